The normalized spacial score (nSPS) is 17.4. The summed E-state index contributed by atoms with van der Waals surface area (Å²) in [5.74, 6) is 0.847. The summed E-state index contributed by atoms with van der Waals surface area (Å²) >= 11 is 0. The van der Waals surface area contributed by atoms with Crippen molar-refractivity contribution in [3.8, 4) is 5.75 Å². The van der Waals surface area contributed by atoms with Crippen LogP contribution in [0.15, 0.2) is 24.3 Å². The molecule has 1 fully saturated rings. The molecule has 1 saturated heterocycles. The first-order valence-corrected chi connectivity index (χ1v) is 8.07. The van der Waals surface area contributed by atoms with Crippen molar-refractivity contribution in [1.29, 1.82) is 0 Å². The van der Waals surface area contributed by atoms with E-state index < -0.39 is 0 Å². The highest BCUT2D eigenvalue weighted by atomic mass is 16.5. The Kier molecular flexibility index (Phi) is 5.22. The first kappa shape index (κ1) is 16.9. The molecule has 0 bridgehead atoms. The number of carbonyl (C=O) groups excluding carboxylic acids is 2. The Labute approximate surface area is 144 Å². The Balaban J connectivity index is 1.61. The second-order valence-electron chi connectivity index (χ2n) is 5.87. The molecule has 132 valence electrons. The van der Waals surface area contributed by atoms with Crippen LogP contribution in [0.2, 0.25) is 0 Å². The maximum atomic E-state index is 12.4. The number of H-pyrrole nitrogens is 1. The molecule has 0 saturated carbocycles. The van der Waals surface area contributed by atoms with E-state index in [9.17, 15) is 9.59 Å². The molecule has 1 aliphatic heterocycles. The molecule has 1 atom stereocenters. The summed E-state index contributed by atoms with van der Waals surface area (Å²) in [6.45, 7) is 1.03. The summed E-state index contributed by atoms with van der Waals surface area (Å²) in [5, 5.41) is 16.2. The van der Waals surface area contributed by atoms with Gasteiger partial charge in [-0.1, -0.05) is 23.4 Å². The number of hydrogen-bond acceptors (Lipinski definition) is 6. The number of hydrogen-bond donors (Lipinski definition) is 2. The largest absolute Gasteiger partial charge is 0.496 e. The van der Waals surface area contributed by atoms with Crippen LogP contribution < -0.4 is 10.1 Å². The van der Waals surface area contributed by atoms with Gasteiger partial charge < -0.3 is 15.0 Å². The van der Waals surface area contributed by atoms with E-state index >= 15 is 0 Å². The number of ether oxygens (including phenoxy) is 1. The molecular formula is C16H20N6O3. The van der Waals surface area contributed by atoms with Crippen LogP contribution in [0.5, 0.6) is 5.75 Å². The van der Waals surface area contributed by atoms with Gasteiger partial charge in [0.25, 0.3) is 0 Å². The summed E-state index contributed by atoms with van der Waals surface area (Å²) in [5.41, 5.74) is 0.922. The second-order valence-corrected chi connectivity index (χ2v) is 5.87. The number of likely N-dealkylation sites (tertiary alicyclic amines) is 1. The van der Waals surface area contributed by atoms with E-state index in [-0.39, 0.29) is 24.3 Å². The van der Waals surface area contributed by atoms with Gasteiger partial charge in [-0.15, -0.1) is 10.2 Å². The average molecular weight is 344 g/mol. The molecule has 1 aromatic heterocycles. The number of aromatic nitrogens is 4. The molecule has 1 unspecified atom stereocenters. The Morgan fingerprint density at radius 1 is 1.44 bits per heavy atom. The van der Waals surface area contributed by atoms with Crippen LogP contribution in [0, 0.1) is 5.92 Å². The monoisotopic (exact) mass is 344 g/mol. The minimum atomic E-state index is -0.251. The van der Waals surface area contributed by atoms with Crippen molar-refractivity contribution in [2.75, 3.05) is 13.7 Å². The van der Waals surface area contributed by atoms with E-state index in [2.05, 4.69) is 25.9 Å². The molecule has 25 heavy (non-hydrogen) atoms. The Morgan fingerprint density at radius 3 is 3.04 bits per heavy atom. The van der Waals surface area contributed by atoms with E-state index in [1.165, 1.54) is 0 Å². The molecule has 0 aliphatic carbocycles. The predicted octanol–water partition coefficient (Wildman–Crippen LogP) is 0.263. The van der Waals surface area contributed by atoms with E-state index in [1.54, 1.807) is 12.0 Å². The first-order chi connectivity index (χ1) is 12.2. The third-order valence-corrected chi connectivity index (χ3v) is 4.23. The number of rotatable bonds is 6. The number of carbonyl (C=O) groups is 2. The van der Waals surface area contributed by atoms with Gasteiger partial charge in [-0.25, -0.2) is 0 Å². The van der Waals surface area contributed by atoms with E-state index in [0.717, 1.165) is 11.3 Å². The highest BCUT2D eigenvalue weighted by molar-refractivity contribution is 5.83. The molecule has 0 spiro atoms. The van der Waals surface area contributed by atoms with Crippen LogP contribution in [0.4, 0.5) is 0 Å². The standard InChI is InChI=1S/C16H20N6O3/c1-25-13-5-3-2-4-11(13)9-22-10-12(6-7-15(22)23)16(24)17-8-14-18-20-21-19-14/h2-5,12H,6-10H2,1H3,(H,17,24)(H,18,19,20,21). The Morgan fingerprint density at radius 2 is 2.28 bits per heavy atom. The van der Waals surface area contributed by atoms with Crippen molar-refractivity contribution in [1.82, 2.24) is 30.8 Å². The van der Waals surface area contributed by atoms with Gasteiger partial charge in [0.1, 0.15) is 5.75 Å². The fraction of sp³-hybridized carbons (Fsp3) is 0.438. The molecule has 1 aliphatic rings. The van der Waals surface area contributed by atoms with Crippen LogP contribution in [-0.4, -0.2) is 51.0 Å². The second kappa shape index (κ2) is 7.73. The van der Waals surface area contributed by atoms with E-state index in [1.807, 2.05) is 24.3 Å². The Bertz CT molecular complexity index is 733. The lowest BCUT2D eigenvalue weighted by atomic mass is 9.96. The number of amides is 2. The number of benzene rings is 1. The summed E-state index contributed by atoms with van der Waals surface area (Å²) in [6.07, 6.45) is 0.898. The molecule has 2 aromatic rings. The highest BCUT2D eigenvalue weighted by Crippen LogP contribution is 2.24. The smallest absolute Gasteiger partial charge is 0.225 e. The topological polar surface area (TPSA) is 113 Å². The van der Waals surface area contributed by atoms with Gasteiger partial charge in [-0.05, 0) is 12.5 Å². The van der Waals surface area contributed by atoms with Gasteiger partial charge in [0.2, 0.25) is 11.8 Å². The molecule has 1 aromatic carbocycles. The van der Waals surface area contributed by atoms with Crippen LogP contribution in [0.25, 0.3) is 0 Å². The predicted molar refractivity (Wildman–Crippen MR) is 87.2 cm³/mol. The van der Waals surface area contributed by atoms with Crippen molar-refractivity contribution in [2.45, 2.75) is 25.9 Å². The fourth-order valence-electron chi connectivity index (χ4n) is 2.89. The minimum absolute atomic E-state index is 0.0492. The molecule has 0 radical (unpaired) electrons. The number of methoxy groups -OCH3 is 1. The number of para-hydroxylation sites is 1. The minimum Gasteiger partial charge on any atom is -0.496 e. The fourth-order valence-corrected chi connectivity index (χ4v) is 2.89. The van der Waals surface area contributed by atoms with E-state index in [0.29, 0.717) is 31.8 Å². The maximum Gasteiger partial charge on any atom is 0.225 e. The van der Waals surface area contributed by atoms with Gasteiger partial charge in [0.05, 0.1) is 19.6 Å². The summed E-state index contributed by atoms with van der Waals surface area (Å²) < 4.78 is 5.34. The van der Waals surface area contributed by atoms with Crippen LogP contribution in [0.3, 0.4) is 0 Å². The SMILES string of the molecule is COc1ccccc1CN1CC(C(=O)NCc2nn[nH]n2)CCC1=O. The number of nitrogens with zero attached hydrogens (tertiary/aromatic N) is 4. The van der Waals surface area contributed by atoms with E-state index in [4.69, 9.17) is 4.74 Å². The van der Waals surface area contributed by atoms with Crippen molar-refractivity contribution >= 4 is 11.8 Å². The lowest BCUT2D eigenvalue weighted by Gasteiger charge is -2.32. The van der Waals surface area contributed by atoms with Crippen molar-refractivity contribution < 1.29 is 14.3 Å². The van der Waals surface area contributed by atoms with Gasteiger partial charge >= 0.3 is 0 Å². The zero-order valence-corrected chi connectivity index (χ0v) is 13.9. The lowest BCUT2D eigenvalue weighted by Crippen LogP contribution is -2.45. The van der Waals surface area contributed by atoms with Gasteiger partial charge in [-0.3, -0.25) is 9.59 Å². The molecular weight excluding hydrogens is 324 g/mol. The molecule has 9 heteroatoms. The zero-order valence-electron chi connectivity index (χ0n) is 13.9. The number of nitrogens with one attached hydrogen (secondary N) is 2. The molecule has 3 rings (SSSR count). The molecule has 2 amide bonds. The summed E-state index contributed by atoms with van der Waals surface area (Å²) in [7, 11) is 1.60. The number of aromatic amines is 1. The summed E-state index contributed by atoms with van der Waals surface area (Å²) in [6, 6.07) is 7.57. The van der Waals surface area contributed by atoms with Crippen LogP contribution >= 0.6 is 0 Å². The van der Waals surface area contributed by atoms with Crippen molar-refractivity contribution in [3.05, 3.63) is 35.7 Å². The lowest BCUT2D eigenvalue weighted by molar-refractivity contribution is -0.139. The number of piperidine rings is 1. The van der Waals surface area contributed by atoms with Gasteiger partial charge in [0, 0.05) is 25.1 Å². The summed E-state index contributed by atoms with van der Waals surface area (Å²) in [4.78, 5) is 26.3. The molecule has 2 heterocycles. The Hall–Kier alpha value is -2.97. The van der Waals surface area contributed by atoms with Gasteiger partial charge in [-0.2, -0.15) is 5.21 Å². The first-order valence-electron chi connectivity index (χ1n) is 8.07. The van der Waals surface area contributed by atoms with Crippen LogP contribution in [0.1, 0.15) is 24.2 Å². The third kappa shape index (κ3) is 4.11. The quantitative estimate of drug-likeness (QED) is 0.777. The van der Waals surface area contributed by atoms with Crippen LogP contribution in [-0.2, 0) is 22.7 Å². The van der Waals surface area contributed by atoms with Gasteiger partial charge in [0.15, 0.2) is 5.82 Å². The maximum absolute atomic E-state index is 12.4. The third-order valence-electron chi connectivity index (χ3n) is 4.23. The highest BCUT2D eigenvalue weighted by Gasteiger charge is 2.30. The molecule has 2 N–H and O–H groups in total. The van der Waals surface area contributed by atoms with Crippen molar-refractivity contribution in [2.24, 2.45) is 5.92 Å². The number of tetrazole rings is 1. The van der Waals surface area contributed by atoms with Crippen molar-refractivity contribution in [3.63, 3.8) is 0 Å². The average Bonchev–Trinajstić information content (AvgIpc) is 3.15. The zero-order chi connectivity index (χ0) is 17.6. The molecule has 9 nitrogen and oxygen atoms in total.